The smallest absolute Gasteiger partial charge is 0.198 e. The zero-order valence-electron chi connectivity index (χ0n) is 15.5. The lowest BCUT2D eigenvalue weighted by molar-refractivity contribution is 0.0973. The summed E-state index contributed by atoms with van der Waals surface area (Å²) in [5.74, 6) is -0.349. The van der Waals surface area contributed by atoms with Gasteiger partial charge in [0.1, 0.15) is 11.5 Å². The van der Waals surface area contributed by atoms with Crippen LogP contribution in [0, 0.1) is 0 Å². The van der Waals surface area contributed by atoms with E-state index in [9.17, 15) is 14.4 Å². The third kappa shape index (κ3) is 2.76. The van der Waals surface area contributed by atoms with Crippen molar-refractivity contribution < 1.29 is 23.9 Å². The number of fused-ring (bicyclic) bond motifs is 2. The number of rotatable bonds is 6. The number of carbonyl (C=O) groups is 3. The molecule has 0 unspecified atom stereocenters. The topological polar surface area (TPSA) is 69.7 Å². The molecule has 2 aromatic rings. The van der Waals surface area contributed by atoms with Crippen molar-refractivity contribution in [3.8, 4) is 11.5 Å². The molecule has 2 aromatic carbocycles. The number of hydrogen-bond donors (Lipinski definition) is 0. The molecule has 0 saturated carbocycles. The third-order valence-corrected chi connectivity index (χ3v) is 4.87. The first-order valence-electron chi connectivity index (χ1n) is 8.61. The molecule has 5 heteroatoms. The van der Waals surface area contributed by atoms with Gasteiger partial charge in [-0.1, -0.05) is 43.3 Å². The van der Waals surface area contributed by atoms with E-state index in [1.165, 1.54) is 14.2 Å². The molecule has 27 heavy (non-hydrogen) atoms. The molecule has 0 bridgehead atoms. The summed E-state index contributed by atoms with van der Waals surface area (Å²) in [5.41, 5.74) is 2.41. The fourth-order valence-corrected chi connectivity index (χ4v) is 3.47. The van der Waals surface area contributed by atoms with E-state index in [-0.39, 0.29) is 45.3 Å². The maximum absolute atomic E-state index is 13.2. The highest BCUT2D eigenvalue weighted by Gasteiger charge is 2.38. The van der Waals surface area contributed by atoms with Crippen LogP contribution >= 0.6 is 0 Å². The molecule has 0 heterocycles. The summed E-state index contributed by atoms with van der Waals surface area (Å²) in [4.78, 5) is 38.3. The van der Waals surface area contributed by atoms with E-state index in [4.69, 9.17) is 9.47 Å². The average Bonchev–Trinajstić information content (AvgIpc) is 2.70. The molecule has 0 amide bonds. The van der Waals surface area contributed by atoms with Crippen molar-refractivity contribution in [1.82, 2.24) is 0 Å². The van der Waals surface area contributed by atoms with E-state index in [0.29, 0.717) is 30.3 Å². The molecule has 0 N–H and O–H groups in total. The Morgan fingerprint density at radius 2 is 1.52 bits per heavy atom. The lowest BCUT2D eigenvalue weighted by atomic mass is 9.79. The number of aldehydes is 1. The zero-order chi connectivity index (χ0) is 19.7. The molecule has 0 saturated heterocycles. The summed E-state index contributed by atoms with van der Waals surface area (Å²) in [6.45, 7) is 5.95. The molecule has 138 valence electrons. The van der Waals surface area contributed by atoms with Gasteiger partial charge in [0.15, 0.2) is 17.9 Å². The summed E-state index contributed by atoms with van der Waals surface area (Å²) in [5, 5.41) is 0. The van der Waals surface area contributed by atoms with Crippen molar-refractivity contribution in [1.29, 1.82) is 0 Å². The number of allylic oxidation sites excluding steroid dienone is 1. The van der Waals surface area contributed by atoms with Crippen LogP contribution in [-0.2, 0) is 6.42 Å². The number of ether oxygens (including phenoxy) is 2. The van der Waals surface area contributed by atoms with Crippen LogP contribution in [0.5, 0.6) is 11.5 Å². The highest BCUT2D eigenvalue weighted by molar-refractivity contribution is 6.31. The standard InChI is InChI=1S/C22H20O5/c1-5-12(2)10-15-16(11-23)22(27-4)18-17(21(15)26-3)19(24)13-8-6-7-9-14(13)20(18)25/h6-9,11H,2,5,10H2,1,3-4H3. The van der Waals surface area contributed by atoms with Crippen molar-refractivity contribution in [3.05, 3.63) is 69.8 Å². The second kappa shape index (κ2) is 7.19. The van der Waals surface area contributed by atoms with Crippen LogP contribution < -0.4 is 9.47 Å². The summed E-state index contributed by atoms with van der Waals surface area (Å²) in [6, 6.07) is 6.61. The van der Waals surface area contributed by atoms with Gasteiger partial charge in [-0.2, -0.15) is 0 Å². The molecular weight excluding hydrogens is 344 g/mol. The molecule has 5 nitrogen and oxygen atoms in total. The van der Waals surface area contributed by atoms with E-state index in [1.54, 1.807) is 24.3 Å². The van der Waals surface area contributed by atoms with Gasteiger partial charge >= 0.3 is 0 Å². The van der Waals surface area contributed by atoms with Gasteiger partial charge in [-0.3, -0.25) is 14.4 Å². The first-order chi connectivity index (χ1) is 13.0. The number of benzene rings is 2. The quantitative estimate of drug-likeness (QED) is 0.491. The van der Waals surface area contributed by atoms with Gasteiger partial charge < -0.3 is 9.47 Å². The second-order valence-corrected chi connectivity index (χ2v) is 6.31. The Labute approximate surface area is 157 Å². The number of hydrogen-bond acceptors (Lipinski definition) is 5. The summed E-state index contributed by atoms with van der Waals surface area (Å²) in [7, 11) is 2.80. The van der Waals surface area contributed by atoms with Crippen molar-refractivity contribution >= 4 is 17.9 Å². The van der Waals surface area contributed by atoms with E-state index in [2.05, 4.69) is 6.58 Å². The minimum absolute atomic E-state index is 0.0750. The van der Waals surface area contributed by atoms with E-state index < -0.39 is 0 Å². The molecule has 0 radical (unpaired) electrons. The SMILES string of the molecule is C=C(CC)Cc1c(C=O)c(OC)c2c(c1OC)C(=O)c1ccccc1C2=O. The van der Waals surface area contributed by atoms with Gasteiger partial charge in [-0.05, 0) is 12.8 Å². The Kier molecular flexibility index (Phi) is 4.95. The number of ketones is 2. The lowest BCUT2D eigenvalue weighted by Gasteiger charge is -2.25. The monoisotopic (exact) mass is 364 g/mol. The predicted molar refractivity (Wildman–Crippen MR) is 101 cm³/mol. The van der Waals surface area contributed by atoms with Crippen molar-refractivity contribution in [2.24, 2.45) is 0 Å². The molecule has 0 aliphatic heterocycles. The van der Waals surface area contributed by atoms with Crippen molar-refractivity contribution in [2.45, 2.75) is 19.8 Å². The number of carbonyl (C=O) groups excluding carboxylic acids is 3. The number of methoxy groups -OCH3 is 2. The fourth-order valence-electron chi connectivity index (χ4n) is 3.47. The molecular formula is C22H20O5. The second-order valence-electron chi connectivity index (χ2n) is 6.31. The Morgan fingerprint density at radius 1 is 1.00 bits per heavy atom. The first kappa shape index (κ1) is 18.6. The average molecular weight is 364 g/mol. The Morgan fingerprint density at radius 3 is 1.96 bits per heavy atom. The van der Waals surface area contributed by atoms with Crippen LogP contribution in [-0.4, -0.2) is 32.1 Å². The minimum atomic E-state index is -0.362. The maximum atomic E-state index is 13.2. The molecule has 1 aliphatic carbocycles. The van der Waals surface area contributed by atoms with Crippen LogP contribution in [0.15, 0.2) is 36.4 Å². The van der Waals surface area contributed by atoms with Gasteiger partial charge in [0.25, 0.3) is 0 Å². The fraction of sp³-hybridized carbons (Fsp3) is 0.227. The highest BCUT2D eigenvalue weighted by Crippen LogP contribution is 2.44. The van der Waals surface area contributed by atoms with Gasteiger partial charge in [-0.25, -0.2) is 0 Å². The van der Waals surface area contributed by atoms with Crippen LogP contribution in [0.25, 0.3) is 0 Å². The largest absolute Gasteiger partial charge is 0.496 e. The molecule has 0 atom stereocenters. The molecule has 0 fully saturated rings. The van der Waals surface area contributed by atoms with Gasteiger partial charge in [0, 0.05) is 16.7 Å². The van der Waals surface area contributed by atoms with Gasteiger partial charge in [-0.15, -0.1) is 0 Å². The molecule has 0 spiro atoms. The third-order valence-electron chi connectivity index (χ3n) is 4.87. The maximum Gasteiger partial charge on any atom is 0.198 e. The highest BCUT2D eigenvalue weighted by atomic mass is 16.5. The Balaban J connectivity index is 2.43. The van der Waals surface area contributed by atoms with Crippen LogP contribution in [0.4, 0.5) is 0 Å². The van der Waals surface area contributed by atoms with E-state index in [1.807, 2.05) is 6.92 Å². The summed E-state index contributed by atoms with van der Waals surface area (Å²) < 4.78 is 11.0. The van der Waals surface area contributed by atoms with E-state index in [0.717, 1.165) is 5.57 Å². The van der Waals surface area contributed by atoms with Crippen molar-refractivity contribution in [2.75, 3.05) is 14.2 Å². The first-order valence-corrected chi connectivity index (χ1v) is 8.61. The van der Waals surface area contributed by atoms with Crippen LogP contribution in [0.3, 0.4) is 0 Å². The summed E-state index contributed by atoms with van der Waals surface area (Å²) in [6.07, 6.45) is 1.69. The molecule has 0 aromatic heterocycles. The van der Waals surface area contributed by atoms with E-state index >= 15 is 0 Å². The van der Waals surface area contributed by atoms with Crippen molar-refractivity contribution in [3.63, 3.8) is 0 Å². The van der Waals surface area contributed by atoms with Crippen LogP contribution in [0.1, 0.15) is 61.1 Å². The minimum Gasteiger partial charge on any atom is -0.496 e. The Bertz CT molecular complexity index is 985. The summed E-state index contributed by atoms with van der Waals surface area (Å²) >= 11 is 0. The normalized spacial score (nSPS) is 12.3. The Hall–Kier alpha value is -3.21. The van der Waals surface area contributed by atoms with Gasteiger partial charge in [0.05, 0.1) is 30.9 Å². The lowest BCUT2D eigenvalue weighted by Crippen LogP contribution is -2.24. The zero-order valence-corrected chi connectivity index (χ0v) is 15.5. The molecule has 1 aliphatic rings. The van der Waals surface area contributed by atoms with Crippen LogP contribution in [0.2, 0.25) is 0 Å². The van der Waals surface area contributed by atoms with Gasteiger partial charge in [0.2, 0.25) is 0 Å². The predicted octanol–water partition coefficient (Wildman–Crippen LogP) is 3.80. The molecule has 3 rings (SSSR count).